The molecule has 3 heterocycles. The standard InChI is InChI=1S/C18H17FN4OS2/c1-25-18-21-15(23-8-4-5-9-23)11-10-14(26-17(11)22-18)16(24)20-13-7-3-2-6-12(13)19/h2-3,6-7,10H,4-5,8-9H2,1H3,(H,20,24). The van der Waals surface area contributed by atoms with Crippen molar-refractivity contribution in [2.24, 2.45) is 0 Å². The van der Waals surface area contributed by atoms with Crippen LogP contribution in [-0.4, -0.2) is 35.2 Å². The van der Waals surface area contributed by atoms with Gasteiger partial charge < -0.3 is 10.2 Å². The van der Waals surface area contributed by atoms with E-state index in [1.54, 1.807) is 18.2 Å². The third kappa shape index (κ3) is 3.26. The molecule has 2 aromatic heterocycles. The van der Waals surface area contributed by atoms with Gasteiger partial charge in [-0.05, 0) is 37.3 Å². The van der Waals surface area contributed by atoms with Crippen molar-refractivity contribution < 1.29 is 9.18 Å². The van der Waals surface area contributed by atoms with Crippen LogP contribution >= 0.6 is 23.1 Å². The summed E-state index contributed by atoms with van der Waals surface area (Å²) in [7, 11) is 0. The van der Waals surface area contributed by atoms with E-state index in [2.05, 4.69) is 20.2 Å². The van der Waals surface area contributed by atoms with Crippen LogP contribution in [0.3, 0.4) is 0 Å². The highest BCUT2D eigenvalue weighted by atomic mass is 32.2. The second-order valence-corrected chi connectivity index (χ2v) is 7.80. The van der Waals surface area contributed by atoms with Gasteiger partial charge in [0.15, 0.2) is 5.16 Å². The molecule has 0 saturated carbocycles. The van der Waals surface area contributed by atoms with Crippen molar-refractivity contribution in [3.63, 3.8) is 0 Å². The molecule has 26 heavy (non-hydrogen) atoms. The molecule has 1 N–H and O–H groups in total. The Hall–Kier alpha value is -2.19. The number of carbonyl (C=O) groups is 1. The zero-order valence-corrected chi connectivity index (χ0v) is 15.8. The molecule has 1 saturated heterocycles. The molecule has 5 nitrogen and oxygen atoms in total. The number of aromatic nitrogens is 2. The molecule has 3 aromatic rings. The summed E-state index contributed by atoms with van der Waals surface area (Å²) in [5.74, 6) is 0.0957. The number of benzene rings is 1. The molecule has 8 heteroatoms. The van der Waals surface area contributed by atoms with Crippen LogP contribution in [0.5, 0.6) is 0 Å². The molecule has 0 spiro atoms. The fourth-order valence-electron chi connectivity index (χ4n) is 3.01. The van der Waals surface area contributed by atoms with E-state index >= 15 is 0 Å². The van der Waals surface area contributed by atoms with Gasteiger partial charge in [0.25, 0.3) is 5.91 Å². The lowest BCUT2D eigenvalue weighted by molar-refractivity contribution is 0.103. The van der Waals surface area contributed by atoms with Crippen LogP contribution in [0.4, 0.5) is 15.9 Å². The van der Waals surface area contributed by atoms with Gasteiger partial charge >= 0.3 is 0 Å². The second kappa shape index (κ2) is 7.20. The molecular formula is C18H17FN4OS2. The van der Waals surface area contributed by atoms with Crippen molar-refractivity contribution in [2.45, 2.75) is 18.0 Å². The molecule has 134 valence electrons. The average molecular weight is 388 g/mol. The molecule has 0 unspecified atom stereocenters. The number of fused-ring (bicyclic) bond motifs is 1. The molecule has 0 radical (unpaired) electrons. The SMILES string of the molecule is CSc1nc(N2CCCC2)c2cc(C(=O)Nc3ccccc3F)sc2n1. The minimum atomic E-state index is -0.454. The summed E-state index contributed by atoms with van der Waals surface area (Å²) in [5, 5.41) is 4.21. The number of nitrogens with one attached hydrogen (secondary N) is 1. The number of thiophene rings is 1. The quantitative estimate of drug-likeness (QED) is 0.530. The Labute approximate surface area is 158 Å². The topological polar surface area (TPSA) is 58.1 Å². The Morgan fingerprint density at radius 2 is 2.04 bits per heavy atom. The van der Waals surface area contributed by atoms with E-state index < -0.39 is 5.82 Å². The van der Waals surface area contributed by atoms with Gasteiger partial charge in [0.1, 0.15) is 16.5 Å². The molecule has 1 aliphatic heterocycles. The second-order valence-electron chi connectivity index (χ2n) is 5.99. The summed E-state index contributed by atoms with van der Waals surface area (Å²) in [5.41, 5.74) is 0.172. The molecule has 0 atom stereocenters. The molecule has 0 bridgehead atoms. The van der Waals surface area contributed by atoms with Crippen LogP contribution in [0.2, 0.25) is 0 Å². The first-order chi connectivity index (χ1) is 12.7. The Bertz CT molecular complexity index is 969. The molecule has 1 aliphatic rings. The highest BCUT2D eigenvalue weighted by Crippen LogP contribution is 2.34. The number of nitrogens with zero attached hydrogens (tertiary/aromatic N) is 3. The molecule has 4 rings (SSSR count). The van der Waals surface area contributed by atoms with Gasteiger partial charge in [-0.1, -0.05) is 23.9 Å². The number of hydrogen-bond acceptors (Lipinski definition) is 6. The maximum absolute atomic E-state index is 13.8. The van der Waals surface area contributed by atoms with Gasteiger partial charge in [-0.15, -0.1) is 11.3 Å². The highest BCUT2D eigenvalue weighted by Gasteiger charge is 2.21. The molecule has 1 aromatic carbocycles. The first-order valence-electron chi connectivity index (χ1n) is 8.32. The van der Waals surface area contributed by atoms with Crippen LogP contribution in [0, 0.1) is 5.82 Å². The Kier molecular flexibility index (Phi) is 4.78. The predicted octanol–water partition coefficient (Wildman–Crippen LogP) is 4.40. The van der Waals surface area contributed by atoms with Gasteiger partial charge in [0, 0.05) is 13.1 Å². The monoisotopic (exact) mass is 388 g/mol. The Morgan fingerprint density at radius 1 is 1.27 bits per heavy atom. The number of hydrogen-bond donors (Lipinski definition) is 1. The smallest absolute Gasteiger partial charge is 0.265 e. The van der Waals surface area contributed by atoms with Crippen molar-refractivity contribution >= 4 is 50.7 Å². The lowest BCUT2D eigenvalue weighted by atomic mass is 10.3. The average Bonchev–Trinajstić information content (AvgIpc) is 3.32. The van der Waals surface area contributed by atoms with Gasteiger partial charge in [0.05, 0.1) is 16.0 Å². The normalized spacial score (nSPS) is 14.2. The molecule has 0 aliphatic carbocycles. The summed E-state index contributed by atoms with van der Waals surface area (Å²) < 4.78 is 13.8. The highest BCUT2D eigenvalue weighted by molar-refractivity contribution is 7.98. The third-order valence-corrected chi connectivity index (χ3v) is 5.86. The minimum absolute atomic E-state index is 0.172. The van der Waals surface area contributed by atoms with E-state index in [4.69, 9.17) is 0 Å². The fraction of sp³-hybridized carbons (Fsp3) is 0.278. The number of anilines is 2. The predicted molar refractivity (Wildman–Crippen MR) is 105 cm³/mol. The number of amides is 1. The number of halogens is 1. The Morgan fingerprint density at radius 3 is 2.77 bits per heavy atom. The third-order valence-electron chi connectivity index (χ3n) is 4.29. The van der Waals surface area contributed by atoms with E-state index in [0.29, 0.717) is 10.0 Å². The summed E-state index contributed by atoms with van der Waals surface area (Å²) in [6, 6.07) is 7.95. The van der Waals surface area contributed by atoms with Crippen molar-refractivity contribution in [1.29, 1.82) is 0 Å². The van der Waals surface area contributed by atoms with Crippen molar-refractivity contribution in [3.05, 3.63) is 41.0 Å². The number of carbonyl (C=O) groups excluding carboxylic acids is 1. The van der Waals surface area contributed by atoms with E-state index in [1.807, 2.05) is 12.3 Å². The lowest BCUT2D eigenvalue weighted by Gasteiger charge is -2.17. The van der Waals surface area contributed by atoms with Crippen LogP contribution in [0.15, 0.2) is 35.5 Å². The van der Waals surface area contributed by atoms with Crippen molar-refractivity contribution in [2.75, 3.05) is 29.6 Å². The molecule has 1 fully saturated rings. The van der Waals surface area contributed by atoms with Crippen molar-refractivity contribution in [3.8, 4) is 0 Å². The van der Waals surface area contributed by atoms with E-state index in [1.165, 1.54) is 29.2 Å². The van der Waals surface area contributed by atoms with E-state index in [0.717, 1.165) is 42.0 Å². The number of rotatable bonds is 4. The minimum Gasteiger partial charge on any atom is -0.356 e. The van der Waals surface area contributed by atoms with Crippen LogP contribution in [0.1, 0.15) is 22.5 Å². The van der Waals surface area contributed by atoms with E-state index in [9.17, 15) is 9.18 Å². The first kappa shape index (κ1) is 17.2. The largest absolute Gasteiger partial charge is 0.356 e. The van der Waals surface area contributed by atoms with Gasteiger partial charge in [-0.3, -0.25) is 4.79 Å². The summed E-state index contributed by atoms with van der Waals surface area (Å²) in [6.07, 6.45) is 4.23. The van der Waals surface area contributed by atoms with Gasteiger partial charge in [-0.25, -0.2) is 14.4 Å². The zero-order chi connectivity index (χ0) is 18.1. The maximum Gasteiger partial charge on any atom is 0.265 e. The van der Waals surface area contributed by atoms with Crippen molar-refractivity contribution in [1.82, 2.24) is 9.97 Å². The molecular weight excluding hydrogens is 371 g/mol. The number of para-hydroxylation sites is 1. The Balaban J connectivity index is 1.71. The maximum atomic E-state index is 13.8. The summed E-state index contributed by atoms with van der Waals surface area (Å²) >= 11 is 2.79. The summed E-state index contributed by atoms with van der Waals surface area (Å²) in [6.45, 7) is 1.93. The number of thioether (sulfide) groups is 1. The lowest BCUT2D eigenvalue weighted by Crippen LogP contribution is -2.19. The zero-order valence-electron chi connectivity index (χ0n) is 14.2. The molecule has 1 amide bonds. The van der Waals surface area contributed by atoms with E-state index in [-0.39, 0.29) is 11.6 Å². The van der Waals surface area contributed by atoms with Gasteiger partial charge in [-0.2, -0.15) is 0 Å². The fourth-order valence-corrected chi connectivity index (χ4v) is 4.35. The van der Waals surface area contributed by atoms with Gasteiger partial charge in [0.2, 0.25) is 0 Å². The van der Waals surface area contributed by atoms with Crippen LogP contribution in [-0.2, 0) is 0 Å². The summed E-state index contributed by atoms with van der Waals surface area (Å²) in [4.78, 5) is 25.3. The first-order valence-corrected chi connectivity index (χ1v) is 10.4. The van der Waals surface area contributed by atoms with Crippen LogP contribution < -0.4 is 10.2 Å². The van der Waals surface area contributed by atoms with Crippen LogP contribution in [0.25, 0.3) is 10.2 Å².